The maximum atomic E-state index is 11.2. The number of rotatable bonds is 6. The van der Waals surface area contributed by atoms with Crippen LogP contribution >= 0.6 is 0 Å². The zero-order chi connectivity index (χ0) is 11.1. The molecule has 0 atom stereocenters. The summed E-state index contributed by atoms with van der Waals surface area (Å²) < 4.78 is 4.77. The van der Waals surface area contributed by atoms with Gasteiger partial charge in [0.1, 0.15) is 5.82 Å². The van der Waals surface area contributed by atoms with E-state index in [0.717, 1.165) is 19.5 Å². The van der Waals surface area contributed by atoms with Crippen LogP contribution in [0.1, 0.15) is 30.3 Å². The van der Waals surface area contributed by atoms with E-state index >= 15 is 0 Å². The zero-order valence-electron chi connectivity index (χ0n) is 9.04. The lowest BCUT2D eigenvalue weighted by Gasteiger charge is -1.96. The van der Waals surface area contributed by atoms with Gasteiger partial charge in [-0.15, -0.1) is 5.10 Å². The molecule has 2 N–H and O–H groups in total. The highest BCUT2D eigenvalue weighted by Gasteiger charge is 2.12. The standard InChI is InChI=1S/C9H16N4O2/c1-3-10-6-5-7-11-8(13-12-7)9(14)15-4-2/h10H,3-6H2,1-2H3,(H,11,12,13). The second-order valence-corrected chi connectivity index (χ2v) is 2.93. The van der Waals surface area contributed by atoms with Crippen molar-refractivity contribution in [3.05, 3.63) is 11.6 Å². The summed E-state index contributed by atoms with van der Waals surface area (Å²) in [7, 11) is 0. The first-order chi connectivity index (χ1) is 7.27. The van der Waals surface area contributed by atoms with Crippen molar-refractivity contribution in [2.45, 2.75) is 20.3 Å². The topological polar surface area (TPSA) is 79.9 Å². The molecule has 15 heavy (non-hydrogen) atoms. The number of carbonyl (C=O) groups excluding carboxylic acids is 1. The summed E-state index contributed by atoms with van der Waals surface area (Å²) in [6, 6.07) is 0. The Morgan fingerprint density at radius 1 is 1.53 bits per heavy atom. The van der Waals surface area contributed by atoms with Gasteiger partial charge in [0.05, 0.1) is 6.61 Å². The van der Waals surface area contributed by atoms with Gasteiger partial charge in [-0.2, -0.15) is 0 Å². The van der Waals surface area contributed by atoms with Crippen molar-refractivity contribution in [2.24, 2.45) is 0 Å². The van der Waals surface area contributed by atoms with Crippen molar-refractivity contribution < 1.29 is 9.53 Å². The van der Waals surface area contributed by atoms with E-state index in [2.05, 4.69) is 20.5 Å². The summed E-state index contributed by atoms with van der Waals surface area (Å²) in [5.74, 6) is 0.311. The minimum Gasteiger partial charge on any atom is -0.460 e. The van der Waals surface area contributed by atoms with Gasteiger partial charge in [0.25, 0.3) is 5.82 Å². The summed E-state index contributed by atoms with van der Waals surface area (Å²) in [6.45, 7) is 5.84. The number of likely N-dealkylation sites (N-methyl/N-ethyl adjacent to an activating group) is 1. The molecule has 84 valence electrons. The molecule has 0 unspecified atom stereocenters. The molecular weight excluding hydrogens is 196 g/mol. The quantitative estimate of drug-likeness (QED) is 0.517. The number of aromatic amines is 1. The van der Waals surface area contributed by atoms with Crippen LogP contribution in [0.3, 0.4) is 0 Å². The maximum Gasteiger partial charge on any atom is 0.378 e. The second kappa shape index (κ2) is 6.13. The van der Waals surface area contributed by atoms with E-state index in [-0.39, 0.29) is 5.82 Å². The third-order valence-corrected chi connectivity index (χ3v) is 1.78. The number of carbonyl (C=O) groups is 1. The number of hydrogen-bond acceptors (Lipinski definition) is 5. The molecule has 0 aliphatic carbocycles. The lowest BCUT2D eigenvalue weighted by atomic mass is 10.4. The molecule has 0 bridgehead atoms. The molecule has 0 aliphatic heterocycles. The van der Waals surface area contributed by atoms with Gasteiger partial charge in [-0.1, -0.05) is 6.92 Å². The Morgan fingerprint density at radius 2 is 2.33 bits per heavy atom. The van der Waals surface area contributed by atoms with Crippen molar-refractivity contribution in [3.8, 4) is 0 Å². The van der Waals surface area contributed by atoms with Crippen molar-refractivity contribution in [1.82, 2.24) is 20.5 Å². The van der Waals surface area contributed by atoms with Gasteiger partial charge in [-0.3, -0.25) is 5.10 Å². The van der Waals surface area contributed by atoms with Crippen LogP contribution in [-0.4, -0.2) is 40.8 Å². The predicted octanol–water partition coefficient (Wildman–Crippen LogP) is 0.133. The Labute approximate surface area is 88.4 Å². The maximum absolute atomic E-state index is 11.2. The minimum absolute atomic E-state index is 0.100. The second-order valence-electron chi connectivity index (χ2n) is 2.93. The third kappa shape index (κ3) is 3.67. The fourth-order valence-corrected chi connectivity index (χ4v) is 1.08. The van der Waals surface area contributed by atoms with Gasteiger partial charge in [-0.25, -0.2) is 9.78 Å². The van der Waals surface area contributed by atoms with E-state index in [1.807, 2.05) is 6.92 Å². The van der Waals surface area contributed by atoms with Gasteiger partial charge < -0.3 is 10.1 Å². The average Bonchev–Trinajstić information content (AvgIpc) is 2.67. The van der Waals surface area contributed by atoms with Crippen LogP contribution in [0.15, 0.2) is 0 Å². The molecule has 0 amide bonds. The third-order valence-electron chi connectivity index (χ3n) is 1.78. The van der Waals surface area contributed by atoms with E-state index < -0.39 is 5.97 Å². The molecule has 0 saturated heterocycles. The van der Waals surface area contributed by atoms with Crippen LogP contribution in [-0.2, 0) is 11.2 Å². The first-order valence-corrected chi connectivity index (χ1v) is 5.07. The van der Waals surface area contributed by atoms with Crippen LogP contribution in [0.5, 0.6) is 0 Å². The van der Waals surface area contributed by atoms with Crippen LogP contribution in [0.4, 0.5) is 0 Å². The zero-order valence-corrected chi connectivity index (χ0v) is 9.04. The SMILES string of the molecule is CCNCCc1nc(C(=O)OCC)n[nH]1. The summed E-state index contributed by atoms with van der Waals surface area (Å²) in [6.07, 6.45) is 0.722. The van der Waals surface area contributed by atoms with Gasteiger partial charge in [-0.05, 0) is 13.5 Å². The van der Waals surface area contributed by atoms with Crippen molar-refractivity contribution >= 4 is 5.97 Å². The average molecular weight is 212 g/mol. The Bertz CT molecular complexity index is 311. The molecule has 6 nitrogen and oxygen atoms in total. The van der Waals surface area contributed by atoms with Gasteiger partial charge in [0.15, 0.2) is 0 Å². The summed E-state index contributed by atoms with van der Waals surface area (Å²) in [5.41, 5.74) is 0. The Balaban J connectivity index is 2.45. The van der Waals surface area contributed by atoms with Crippen LogP contribution in [0, 0.1) is 0 Å². The van der Waals surface area contributed by atoms with Crippen LogP contribution in [0.2, 0.25) is 0 Å². The van der Waals surface area contributed by atoms with E-state index in [9.17, 15) is 4.79 Å². The number of nitrogens with zero attached hydrogens (tertiary/aromatic N) is 2. The molecular formula is C9H16N4O2. The predicted molar refractivity (Wildman–Crippen MR) is 54.6 cm³/mol. The van der Waals surface area contributed by atoms with Crippen molar-refractivity contribution in [3.63, 3.8) is 0 Å². The fraction of sp³-hybridized carbons (Fsp3) is 0.667. The molecule has 0 radical (unpaired) electrons. The first kappa shape index (κ1) is 11.6. The lowest BCUT2D eigenvalue weighted by Crippen LogP contribution is -2.16. The van der Waals surface area contributed by atoms with Crippen molar-refractivity contribution in [1.29, 1.82) is 0 Å². The fourth-order valence-electron chi connectivity index (χ4n) is 1.08. The number of ether oxygens (including phenoxy) is 1. The summed E-state index contributed by atoms with van der Waals surface area (Å²) in [5, 5.41) is 9.63. The Hall–Kier alpha value is -1.43. The van der Waals surface area contributed by atoms with Crippen LogP contribution in [0.25, 0.3) is 0 Å². The number of aromatic nitrogens is 3. The molecule has 0 fully saturated rings. The molecule has 1 aromatic rings. The molecule has 0 spiro atoms. The highest BCUT2D eigenvalue weighted by Crippen LogP contribution is 1.96. The normalized spacial score (nSPS) is 10.3. The van der Waals surface area contributed by atoms with Gasteiger partial charge in [0.2, 0.25) is 0 Å². The van der Waals surface area contributed by atoms with Gasteiger partial charge >= 0.3 is 5.97 Å². The monoisotopic (exact) mass is 212 g/mol. The lowest BCUT2D eigenvalue weighted by molar-refractivity contribution is 0.0512. The molecule has 1 heterocycles. The minimum atomic E-state index is -0.483. The summed E-state index contributed by atoms with van der Waals surface area (Å²) in [4.78, 5) is 15.2. The number of H-pyrrole nitrogens is 1. The smallest absolute Gasteiger partial charge is 0.378 e. The number of esters is 1. The molecule has 6 heteroatoms. The van der Waals surface area contributed by atoms with Crippen LogP contribution < -0.4 is 5.32 Å². The highest BCUT2D eigenvalue weighted by molar-refractivity contribution is 5.84. The Kier molecular flexibility index (Phi) is 4.76. The molecule has 1 rings (SSSR count). The van der Waals surface area contributed by atoms with E-state index in [0.29, 0.717) is 12.4 Å². The first-order valence-electron chi connectivity index (χ1n) is 5.07. The van der Waals surface area contributed by atoms with Crippen molar-refractivity contribution in [2.75, 3.05) is 19.7 Å². The van der Waals surface area contributed by atoms with E-state index in [1.165, 1.54) is 0 Å². The molecule has 0 aliphatic rings. The van der Waals surface area contributed by atoms with Gasteiger partial charge in [0, 0.05) is 13.0 Å². The number of nitrogens with one attached hydrogen (secondary N) is 2. The molecule has 0 saturated carbocycles. The van der Waals surface area contributed by atoms with E-state index in [1.54, 1.807) is 6.92 Å². The molecule has 0 aromatic carbocycles. The summed E-state index contributed by atoms with van der Waals surface area (Å²) >= 11 is 0. The largest absolute Gasteiger partial charge is 0.460 e. The Morgan fingerprint density at radius 3 is 3.00 bits per heavy atom. The number of hydrogen-bond donors (Lipinski definition) is 2. The molecule has 1 aromatic heterocycles. The highest BCUT2D eigenvalue weighted by atomic mass is 16.5. The van der Waals surface area contributed by atoms with E-state index in [4.69, 9.17) is 4.74 Å².